The fraction of sp³-hybridized carbons (Fsp3) is 0.385. The number of likely N-dealkylation sites (N-methyl/N-ethyl adjacent to an activating group) is 1. The predicted octanol–water partition coefficient (Wildman–Crippen LogP) is 1.94. The van der Waals surface area contributed by atoms with Gasteiger partial charge in [-0.1, -0.05) is 6.58 Å². The molecule has 1 aromatic rings. The molecule has 0 spiro atoms. The summed E-state index contributed by atoms with van der Waals surface area (Å²) in [4.78, 5) is 2.00. The normalized spacial score (nSPS) is 12.1. The third-order valence-electron chi connectivity index (χ3n) is 2.48. The van der Waals surface area contributed by atoms with Crippen LogP contribution in [0.15, 0.2) is 39.1 Å². The first-order valence-electron chi connectivity index (χ1n) is 5.77. The predicted molar refractivity (Wildman–Crippen MR) is 74.7 cm³/mol. The van der Waals surface area contributed by atoms with E-state index in [1.54, 1.807) is 6.26 Å². The Bertz CT molecular complexity index is 459. The van der Waals surface area contributed by atoms with Crippen LogP contribution >= 0.6 is 0 Å². The maximum atomic E-state index is 5.26. The number of aryl methyl sites for hydroxylation is 1. The van der Waals surface area contributed by atoms with E-state index in [0.29, 0.717) is 0 Å². The third-order valence-corrected chi connectivity index (χ3v) is 2.48. The number of nitrogens with two attached hydrogens (primary N) is 1. The summed E-state index contributed by atoms with van der Waals surface area (Å²) >= 11 is 0. The van der Waals surface area contributed by atoms with Gasteiger partial charge in [0.2, 0.25) is 0 Å². The first-order chi connectivity index (χ1) is 8.54. The van der Waals surface area contributed by atoms with Crippen LogP contribution in [0.1, 0.15) is 18.2 Å². The van der Waals surface area contributed by atoms with Crippen molar-refractivity contribution in [3.63, 3.8) is 0 Å². The van der Waals surface area contributed by atoms with Gasteiger partial charge in [-0.2, -0.15) is 0 Å². The zero-order valence-electron chi connectivity index (χ0n) is 11.2. The van der Waals surface area contributed by atoms with Crippen LogP contribution in [-0.2, 0) is 6.42 Å². The van der Waals surface area contributed by atoms with E-state index >= 15 is 0 Å². The van der Waals surface area contributed by atoms with Gasteiger partial charge >= 0.3 is 0 Å². The average molecular weight is 248 g/mol. The standard InChI is InChI=1S/C13H20N4O/c1-10(2)13(16-15-9-14)17(4)6-5-12-7-11(3)18-8-12/h7-9H,1,5-6H2,2-4H3,(H2,14,15)/b16-13-. The molecule has 0 amide bonds. The largest absolute Gasteiger partial charge is 0.469 e. The van der Waals surface area contributed by atoms with E-state index < -0.39 is 0 Å². The molecule has 0 radical (unpaired) electrons. The van der Waals surface area contributed by atoms with Crippen molar-refractivity contribution in [2.24, 2.45) is 15.9 Å². The van der Waals surface area contributed by atoms with Crippen molar-refractivity contribution in [3.05, 3.63) is 35.8 Å². The number of hydrogen-bond donors (Lipinski definition) is 1. The van der Waals surface area contributed by atoms with Crippen molar-refractivity contribution in [2.45, 2.75) is 20.3 Å². The number of hydrogen-bond acceptors (Lipinski definition) is 3. The maximum Gasteiger partial charge on any atom is 0.153 e. The van der Waals surface area contributed by atoms with Gasteiger partial charge in [-0.25, -0.2) is 0 Å². The minimum Gasteiger partial charge on any atom is -0.469 e. The summed E-state index contributed by atoms with van der Waals surface area (Å²) in [6.45, 7) is 8.52. The van der Waals surface area contributed by atoms with Crippen LogP contribution in [0.3, 0.4) is 0 Å². The van der Waals surface area contributed by atoms with E-state index in [1.165, 1.54) is 5.56 Å². The van der Waals surface area contributed by atoms with Gasteiger partial charge in [-0.15, -0.1) is 10.2 Å². The number of furan rings is 1. The van der Waals surface area contributed by atoms with E-state index in [2.05, 4.69) is 16.8 Å². The summed E-state index contributed by atoms with van der Waals surface area (Å²) in [5, 5.41) is 7.72. The Labute approximate surface area is 108 Å². The Balaban J connectivity index is 2.62. The SMILES string of the molecule is C=C(C)/C(=N/N=CN)N(C)CCc1coc(C)c1. The average Bonchev–Trinajstić information content (AvgIpc) is 2.72. The summed E-state index contributed by atoms with van der Waals surface area (Å²) in [6.07, 6.45) is 3.82. The highest BCUT2D eigenvalue weighted by atomic mass is 16.3. The van der Waals surface area contributed by atoms with Crippen molar-refractivity contribution in [3.8, 4) is 0 Å². The molecule has 1 rings (SSSR count). The van der Waals surface area contributed by atoms with Crippen LogP contribution in [0.4, 0.5) is 0 Å². The number of amidine groups is 1. The quantitative estimate of drug-likeness (QED) is 0.492. The van der Waals surface area contributed by atoms with Gasteiger partial charge in [0, 0.05) is 13.6 Å². The number of rotatable bonds is 5. The van der Waals surface area contributed by atoms with E-state index in [4.69, 9.17) is 10.2 Å². The second-order valence-corrected chi connectivity index (χ2v) is 4.21. The topological polar surface area (TPSA) is 67.1 Å². The Kier molecular flexibility index (Phi) is 5.17. The molecule has 5 heteroatoms. The Morgan fingerprint density at radius 3 is 2.83 bits per heavy atom. The van der Waals surface area contributed by atoms with Crippen LogP contribution in [0, 0.1) is 6.92 Å². The molecule has 0 atom stereocenters. The molecule has 18 heavy (non-hydrogen) atoms. The molecule has 0 aliphatic rings. The van der Waals surface area contributed by atoms with Crippen LogP contribution in [-0.4, -0.2) is 30.7 Å². The summed E-state index contributed by atoms with van der Waals surface area (Å²) in [7, 11) is 1.95. The van der Waals surface area contributed by atoms with E-state index in [0.717, 1.165) is 36.5 Å². The molecule has 0 saturated heterocycles. The highest BCUT2D eigenvalue weighted by Crippen LogP contribution is 2.08. The Hall–Kier alpha value is -2.04. The molecule has 98 valence electrons. The van der Waals surface area contributed by atoms with Crippen molar-refractivity contribution in [2.75, 3.05) is 13.6 Å². The molecule has 2 N–H and O–H groups in total. The molecule has 0 aliphatic heterocycles. The van der Waals surface area contributed by atoms with Crippen LogP contribution in [0.25, 0.3) is 0 Å². The highest BCUT2D eigenvalue weighted by molar-refractivity contribution is 5.97. The lowest BCUT2D eigenvalue weighted by atomic mass is 10.2. The lowest BCUT2D eigenvalue weighted by Gasteiger charge is -2.19. The monoisotopic (exact) mass is 248 g/mol. The van der Waals surface area contributed by atoms with Crippen molar-refractivity contribution >= 4 is 12.2 Å². The van der Waals surface area contributed by atoms with Gasteiger partial charge in [0.15, 0.2) is 5.84 Å². The van der Waals surface area contributed by atoms with E-state index in [9.17, 15) is 0 Å². The smallest absolute Gasteiger partial charge is 0.153 e. The first-order valence-corrected chi connectivity index (χ1v) is 5.77. The van der Waals surface area contributed by atoms with Gasteiger partial charge in [0.05, 0.1) is 6.26 Å². The molecule has 1 aromatic heterocycles. The van der Waals surface area contributed by atoms with E-state index in [1.807, 2.05) is 31.9 Å². The van der Waals surface area contributed by atoms with Gasteiger partial charge in [0.25, 0.3) is 0 Å². The Morgan fingerprint density at radius 2 is 2.33 bits per heavy atom. The maximum absolute atomic E-state index is 5.26. The molecule has 0 aliphatic carbocycles. The summed E-state index contributed by atoms with van der Waals surface area (Å²) in [5.74, 6) is 1.66. The minimum atomic E-state index is 0.733. The fourth-order valence-electron chi connectivity index (χ4n) is 1.61. The Morgan fingerprint density at radius 1 is 1.61 bits per heavy atom. The van der Waals surface area contributed by atoms with Crippen molar-refractivity contribution < 1.29 is 4.42 Å². The van der Waals surface area contributed by atoms with E-state index in [-0.39, 0.29) is 0 Å². The molecular weight excluding hydrogens is 228 g/mol. The first kappa shape index (κ1) is 14.0. The minimum absolute atomic E-state index is 0.733. The molecule has 0 saturated carbocycles. The lowest BCUT2D eigenvalue weighted by Crippen LogP contribution is -2.29. The summed E-state index contributed by atoms with van der Waals surface area (Å²) in [5.41, 5.74) is 7.21. The lowest BCUT2D eigenvalue weighted by molar-refractivity contribution is 0.500. The second-order valence-electron chi connectivity index (χ2n) is 4.21. The summed E-state index contributed by atoms with van der Waals surface area (Å²) in [6, 6.07) is 2.03. The van der Waals surface area contributed by atoms with Crippen molar-refractivity contribution in [1.29, 1.82) is 0 Å². The van der Waals surface area contributed by atoms with Crippen LogP contribution < -0.4 is 5.73 Å². The van der Waals surface area contributed by atoms with Gasteiger partial charge in [0.1, 0.15) is 12.1 Å². The van der Waals surface area contributed by atoms with Gasteiger partial charge in [-0.3, -0.25) is 0 Å². The van der Waals surface area contributed by atoms with Crippen LogP contribution in [0.5, 0.6) is 0 Å². The molecule has 5 nitrogen and oxygen atoms in total. The molecule has 1 heterocycles. The zero-order valence-corrected chi connectivity index (χ0v) is 11.2. The molecular formula is C13H20N4O. The molecule has 0 bridgehead atoms. The second kappa shape index (κ2) is 6.64. The number of nitrogens with zero attached hydrogens (tertiary/aromatic N) is 3. The van der Waals surface area contributed by atoms with Gasteiger partial charge < -0.3 is 15.1 Å². The molecule has 0 unspecified atom stereocenters. The summed E-state index contributed by atoms with van der Waals surface area (Å²) < 4.78 is 5.26. The zero-order chi connectivity index (χ0) is 13.5. The van der Waals surface area contributed by atoms with Crippen LogP contribution in [0.2, 0.25) is 0 Å². The third kappa shape index (κ3) is 4.08. The van der Waals surface area contributed by atoms with Gasteiger partial charge in [-0.05, 0) is 37.5 Å². The highest BCUT2D eigenvalue weighted by Gasteiger charge is 2.08. The fourth-order valence-corrected chi connectivity index (χ4v) is 1.61. The van der Waals surface area contributed by atoms with Crippen molar-refractivity contribution in [1.82, 2.24) is 4.90 Å². The molecule has 0 aromatic carbocycles. The molecule has 0 fully saturated rings.